The van der Waals surface area contributed by atoms with Gasteiger partial charge in [-0.15, -0.1) is 12.4 Å². The average Bonchev–Trinajstić information content (AvgIpc) is 2.86. The zero-order valence-electron chi connectivity index (χ0n) is 13.3. The lowest BCUT2D eigenvalue weighted by Crippen LogP contribution is -2.46. The summed E-state index contributed by atoms with van der Waals surface area (Å²) in [4.78, 5) is 13.8. The smallest absolute Gasteiger partial charge is 0.410 e. The van der Waals surface area contributed by atoms with Crippen molar-refractivity contribution < 1.29 is 9.53 Å². The van der Waals surface area contributed by atoms with Crippen LogP contribution >= 0.6 is 24.0 Å². The second-order valence-corrected chi connectivity index (χ2v) is 7.01. The highest BCUT2D eigenvalue weighted by molar-refractivity contribution is 6.30. The van der Waals surface area contributed by atoms with Crippen LogP contribution in [0.4, 0.5) is 4.79 Å². The lowest BCUT2D eigenvalue weighted by atomic mass is 9.68. The molecule has 1 aliphatic heterocycles. The molecular weight excluding hydrogens is 335 g/mol. The van der Waals surface area contributed by atoms with Crippen molar-refractivity contribution in [1.82, 2.24) is 4.90 Å². The molecule has 2 aliphatic rings. The molecule has 0 radical (unpaired) electrons. The third kappa shape index (κ3) is 3.59. The lowest BCUT2D eigenvalue weighted by Gasteiger charge is -2.42. The Kier molecular flexibility index (Phi) is 5.82. The van der Waals surface area contributed by atoms with Crippen LogP contribution in [0, 0.1) is 0 Å². The number of ether oxygens (including phenoxy) is 1. The number of benzene rings is 1. The van der Waals surface area contributed by atoms with Crippen LogP contribution in [-0.4, -0.2) is 36.2 Å². The van der Waals surface area contributed by atoms with E-state index in [1.165, 1.54) is 5.56 Å². The van der Waals surface area contributed by atoms with Gasteiger partial charge < -0.3 is 15.4 Å². The highest BCUT2D eigenvalue weighted by Gasteiger charge is 2.41. The molecule has 128 valence electrons. The van der Waals surface area contributed by atoms with E-state index >= 15 is 0 Å². The van der Waals surface area contributed by atoms with Crippen molar-refractivity contribution in [3.63, 3.8) is 0 Å². The van der Waals surface area contributed by atoms with Gasteiger partial charge in [0.15, 0.2) is 0 Å². The summed E-state index contributed by atoms with van der Waals surface area (Å²) in [5.74, 6) is 0. The Morgan fingerprint density at radius 1 is 1.39 bits per heavy atom. The largest absolute Gasteiger partial charge is 0.444 e. The van der Waals surface area contributed by atoms with Crippen molar-refractivity contribution in [2.45, 2.75) is 50.2 Å². The maximum atomic E-state index is 11.9. The molecular formula is C17H24Cl2N2O2. The van der Waals surface area contributed by atoms with Crippen molar-refractivity contribution in [2.24, 2.45) is 5.73 Å². The second kappa shape index (κ2) is 7.29. The molecule has 2 fully saturated rings. The normalized spacial score (nSPS) is 30.7. The number of rotatable bonds is 3. The van der Waals surface area contributed by atoms with E-state index in [0.29, 0.717) is 13.1 Å². The first-order valence-corrected chi connectivity index (χ1v) is 8.35. The minimum atomic E-state index is -0.166. The van der Waals surface area contributed by atoms with E-state index < -0.39 is 0 Å². The minimum absolute atomic E-state index is 0. The molecule has 1 aromatic rings. The number of nitrogens with zero attached hydrogens (tertiary/aromatic N) is 1. The number of amides is 1. The summed E-state index contributed by atoms with van der Waals surface area (Å²) < 4.78 is 5.25. The predicted octanol–water partition coefficient (Wildman–Crippen LogP) is 3.74. The number of nitrogens with two attached hydrogens (primary N) is 1. The van der Waals surface area contributed by atoms with Gasteiger partial charge in [0.25, 0.3) is 0 Å². The minimum Gasteiger partial charge on any atom is -0.444 e. The molecule has 4 nitrogen and oxygen atoms in total. The van der Waals surface area contributed by atoms with Crippen molar-refractivity contribution >= 4 is 30.1 Å². The third-order valence-corrected chi connectivity index (χ3v) is 5.41. The summed E-state index contributed by atoms with van der Waals surface area (Å²) >= 11 is 6.14. The first kappa shape index (κ1) is 18.4. The first-order chi connectivity index (χ1) is 10.5. The lowest BCUT2D eigenvalue weighted by molar-refractivity contribution is 0.120. The highest BCUT2D eigenvalue weighted by atomic mass is 35.5. The Hall–Kier alpha value is -0.970. The summed E-state index contributed by atoms with van der Waals surface area (Å²) in [6, 6.07) is 8.30. The Morgan fingerprint density at radius 2 is 2.09 bits per heavy atom. The van der Waals surface area contributed by atoms with Gasteiger partial charge in [-0.3, -0.25) is 0 Å². The van der Waals surface area contributed by atoms with Crippen LogP contribution in [0.1, 0.15) is 38.2 Å². The average molecular weight is 359 g/mol. The molecule has 1 saturated carbocycles. The molecule has 6 heteroatoms. The van der Waals surface area contributed by atoms with Crippen LogP contribution in [0.25, 0.3) is 0 Å². The van der Waals surface area contributed by atoms with E-state index in [2.05, 4.69) is 6.07 Å². The van der Waals surface area contributed by atoms with E-state index in [1.807, 2.05) is 30.0 Å². The van der Waals surface area contributed by atoms with Gasteiger partial charge in [0.1, 0.15) is 6.10 Å². The van der Waals surface area contributed by atoms with Crippen molar-refractivity contribution in [2.75, 3.05) is 13.1 Å². The number of carbonyl (C=O) groups is 1. The number of halogens is 2. The summed E-state index contributed by atoms with van der Waals surface area (Å²) in [5, 5.41) is 0.754. The van der Waals surface area contributed by atoms with Gasteiger partial charge in [0.05, 0.1) is 6.54 Å². The number of hydrogen-bond donors (Lipinski definition) is 1. The highest BCUT2D eigenvalue weighted by Crippen LogP contribution is 2.41. The molecule has 1 aromatic carbocycles. The molecule has 0 spiro atoms. The number of hydrogen-bond acceptors (Lipinski definition) is 3. The maximum Gasteiger partial charge on any atom is 0.410 e. The standard InChI is InChI=1S/C17H23ClN2O2.ClH/c1-12-10-20(16(21)22-12)15-5-7-17(11-19,8-6-15)13-3-2-4-14(18)9-13;/h2-4,9,12,15H,5-8,10-11,19H2,1H3;1H/t12-,15?,17?;/m0./s1. The molecule has 1 amide bonds. The monoisotopic (exact) mass is 358 g/mol. The topological polar surface area (TPSA) is 55.6 Å². The molecule has 0 unspecified atom stereocenters. The number of carbonyl (C=O) groups excluding carboxylic acids is 1. The Bertz CT molecular complexity index is 559. The van der Waals surface area contributed by atoms with Crippen molar-refractivity contribution in [1.29, 1.82) is 0 Å². The van der Waals surface area contributed by atoms with Crippen LogP contribution in [0.3, 0.4) is 0 Å². The molecule has 1 atom stereocenters. The van der Waals surface area contributed by atoms with Crippen LogP contribution in [0.5, 0.6) is 0 Å². The zero-order chi connectivity index (χ0) is 15.7. The van der Waals surface area contributed by atoms with Gasteiger partial charge in [-0.2, -0.15) is 0 Å². The zero-order valence-corrected chi connectivity index (χ0v) is 14.9. The van der Waals surface area contributed by atoms with Crippen LogP contribution in [0.2, 0.25) is 5.02 Å². The molecule has 3 rings (SSSR count). The number of cyclic esters (lactones) is 1. The van der Waals surface area contributed by atoms with E-state index in [4.69, 9.17) is 22.1 Å². The summed E-state index contributed by atoms with van der Waals surface area (Å²) in [6.45, 7) is 3.26. The third-order valence-electron chi connectivity index (χ3n) is 5.17. The van der Waals surface area contributed by atoms with Crippen LogP contribution in [0.15, 0.2) is 24.3 Å². The molecule has 1 saturated heterocycles. The summed E-state index contributed by atoms with van der Waals surface area (Å²) in [7, 11) is 0. The molecule has 1 aliphatic carbocycles. The molecule has 2 N–H and O–H groups in total. The Morgan fingerprint density at radius 3 is 2.61 bits per heavy atom. The van der Waals surface area contributed by atoms with E-state index in [0.717, 1.165) is 30.7 Å². The first-order valence-electron chi connectivity index (χ1n) is 7.97. The van der Waals surface area contributed by atoms with Gasteiger partial charge in [0, 0.05) is 23.0 Å². The predicted molar refractivity (Wildman–Crippen MR) is 94.3 cm³/mol. The van der Waals surface area contributed by atoms with E-state index in [9.17, 15) is 4.79 Å². The van der Waals surface area contributed by atoms with E-state index in [-0.39, 0.29) is 36.1 Å². The van der Waals surface area contributed by atoms with Gasteiger partial charge in [0.2, 0.25) is 0 Å². The second-order valence-electron chi connectivity index (χ2n) is 6.57. The van der Waals surface area contributed by atoms with Gasteiger partial charge in [-0.25, -0.2) is 4.79 Å². The fourth-order valence-corrected chi connectivity index (χ4v) is 4.01. The fraction of sp³-hybridized carbons (Fsp3) is 0.588. The SMILES string of the molecule is C[C@H]1CN(C2CCC(CN)(c3cccc(Cl)c3)CC2)C(=O)O1.Cl. The van der Waals surface area contributed by atoms with Gasteiger partial charge >= 0.3 is 6.09 Å². The van der Waals surface area contributed by atoms with Gasteiger partial charge in [-0.05, 0) is 50.3 Å². The van der Waals surface area contributed by atoms with Crippen LogP contribution in [-0.2, 0) is 10.2 Å². The quantitative estimate of drug-likeness (QED) is 0.895. The summed E-state index contributed by atoms with van der Waals surface area (Å²) in [6.07, 6.45) is 3.72. The van der Waals surface area contributed by atoms with Gasteiger partial charge in [-0.1, -0.05) is 23.7 Å². The fourth-order valence-electron chi connectivity index (χ4n) is 3.82. The Labute approximate surface area is 148 Å². The van der Waals surface area contributed by atoms with E-state index in [1.54, 1.807) is 0 Å². The molecule has 0 bridgehead atoms. The Balaban J connectivity index is 0.00000192. The molecule has 1 heterocycles. The maximum absolute atomic E-state index is 11.9. The molecule has 23 heavy (non-hydrogen) atoms. The van der Waals surface area contributed by atoms with Crippen molar-refractivity contribution in [3.8, 4) is 0 Å². The molecule has 0 aromatic heterocycles. The van der Waals surface area contributed by atoms with Crippen LogP contribution < -0.4 is 5.73 Å². The summed E-state index contributed by atoms with van der Waals surface area (Å²) in [5.41, 5.74) is 7.32. The van der Waals surface area contributed by atoms with Crippen molar-refractivity contribution in [3.05, 3.63) is 34.9 Å².